The summed E-state index contributed by atoms with van der Waals surface area (Å²) in [6.07, 6.45) is 0.790. The lowest BCUT2D eigenvalue weighted by molar-refractivity contribution is -0.789. The third-order valence-corrected chi connectivity index (χ3v) is 6.49. The summed E-state index contributed by atoms with van der Waals surface area (Å²) in [4.78, 5) is 24.7. The number of carbonyl (C=O) groups excluding carboxylic acids is 2. The average Bonchev–Trinajstić information content (AvgIpc) is 2.83. The summed E-state index contributed by atoms with van der Waals surface area (Å²) in [5.41, 5.74) is 1.47. The van der Waals surface area contributed by atoms with Gasteiger partial charge >= 0.3 is 5.97 Å². The summed E-state index contributed by atoms with van der Waals surface area (Å²) >= 11 is 2.69. The Kier molecular flexibility index (Phi) is 6.37. The molecule has 2 heterocycles. The van der Waals surface area contributed by atoms with Crippen molar-refractivity contribution in [2.24, 2.45) is 0 Å². The van der Waals surface area contributed by atoms with Gasteiger partial charge in [-0.05, 0) is 40.2 Å². The highest BCUT2D eigenvalue weighted by atomic mass is 32.2. The first-order valence-corrected chi connectivity index (χ1v) is 10.5. The fourth-order valence-electron chi connectivity index (χ4n) is 3.50. The van der Waals surface area contributed by atoms with Gasteiger partial charge in [0, 0.05) is 6.42 Å². The largest absolute Gasteiger partial charge is 0.465 e. The lowest BCUT2D eigenvalue weighted by atomic mass is 9.81. The lowest BCUT2D eigenvalue weighted by Gasteiger charge is -2.38. The van der Waals surface area contributed by atoms with Crippen molar-refractivity contribution in [3.05, 3.63) is 16.0 Å². The molecule has 1 aromatic rings. The fourth-order valence-corrected chi connectivity index (χ4v) is 5.37. The molecule has 1 aliphatic rings. The normalized spacial score (nSPS) is 17.1. The van der Waals surface area contributed by atoms with Crippen LogP contribution in [0, 0.1) is 11.3 Å². The Bertz CT molecular complexity index is 748. The van der Waals surface area contributed by atoms with E-state index >= 15 is 0 Å². The standard InChI is InChI=1S/C18H25N3O3S2/c1-6-24-14(23)10-25-9-13(22)20-16-12(8-19)11-7-17(2,3)21-18(4,5)15(11)26-16/h21H,6-7,9-10H2,1-5H3,(H,20,22)/p+1. The Morgan fingerprint density at radius 3 is 2.65 bits per heavy atom. The number of hydrogen-bond acceptors (Lipinski definition) is 6. The average molecular weight is 397 g/mol. The predicted octanol–water partition coefficient (Wildman–Crippen LogP) is 1.99. The van der Waals surface area contributed by atoms with Crippen LogP contribution in [0.15, 0.2) is 0 Å². The molecule has 0 aromatic carbocycles. The number of carbonyl (C=O) groups is 2. The minimum atomic E-state index is -0.325. The van der Waals surface area contributed by atoms with Crippen molar-refractivity contribution < 1.29 is 19.6 Å². The molecule has 0 radical (unpaired) electrons. The molecule has 0 aliphatic carbocycles. The second-order valence-electron chi connectivity index (χ2n) is 7.60. The Balaban J connectivity index is 2.12. The zero-order valence-electron chi connectivity index (χ0n) is 15.9. The summed E-state index contributed by atoms with van der Waals surface area (Å²) in [6, 6.07) is 2.28. The number of nitrogens with one attached hydrogen (secondary N) is 1. The first-order valence-electron chi connectivity index (χ1n) is 8.56. The molecule has 8 heteroatoms. The zero-order valence-corrected chi connectivity index (χ0v) is 17.5. The number of nitriles is 1. The van der Waals surface area contributed by atoms with Crippen molar-refractivity contribution in [3.63, 3.8) is 0 Å². The number of nitrogens with zero attached hydrogens (tertiary/aromatic N) is 1. The molecule has 2 rings (SSSR count). The Labute approximate surface area is 162 Å². The molecule has 0 fully saturated rings. The molecule has 0 spiro atoms. The molecule has 1 amide bonds. The highest BCUT2D eigenvalue weighted by Gasteiger charge is 2.44. The zero-order chi connectivity index (χ0) is 19.5. The summed E-state index contributed by atoms with van der Waals surface area (Å²) < 4.78 is 4.84. The van der Waals surface area contributed by atoms with Gasteiger partial charge in [0.05, 0.1) is 34.1 Å². The fraction of sp³-hybridized carbons (Fsp3) is 0.611. The molecule has 1 aromatic heterocycles. The molecule has 6 nitrogen and oxygen atoms in total. The minimum absolute atomic E-state index is 0.0000562. The third-order valence-electron chi connectivity index (χ3n) is 4.10. The molecule has 26 heavy (non-hydrogen) atoms. The monoisotopic (exact) mass is 396 g/mol. The molecule has 0 atom stereocenters. The van der Waals surface area contributed by atoms with Crippen LogP contribution in [0.4, 0.5) is 5.00 Å². The molecular weight excluding hydrogens is 370 g/mol. The Morgan fingerprint density at radius 1 is 1.35 bits per heavy atom. The molecule has 0 unspecified atom stereocenters. The van der Waals surface area contributed by atoms with Gasteiger partial charge in [-0.15, -0.1) is 23.1 Å². The third kappa shape index (κ3) is 4.78. The van der Waals surface area contributed by atoms with E-state index in [1.807, 2.05) is 0 Å². The van der Waals surface area contributed by atoms with Crippen LogP contribution in [0.25, 0.3) is 0 Å². The van der Waals surface area contributed by atoms with Crippen molar-refractivity contribution in [1.29, 1.82) is 5.26 Å². The lowest BCUT2D eigenvalue weighted by Crippen LogP contribution is -3.03. The summed E-state index contributed by atoms with van der Waals surface area (Å²) in [5.74, 6) is -0.249. The Hall–Kier alpha value is -1.56. The van der Waals surface area contributed by atoms with Gasteiger partial charge in [0.15, 0.2) is 0 Å². The number of anilines is 1. The van der Waals surface area contributed by atoms with E-state index in [1.165, 1.54) is 23.1 Å². The predicted molar refractivity (Wildman–Crippen MR) is 104 cm³/mol. The van der Waals surface area contributed by atoms with Crippen LogP contribution < -0.4 is 10.6 Å². The summed E-state index contributed by atoms with van der Waals surface area (Å²) in [7, 11) is 0. The van der Waals surface area contributed by atoms with Gasteiger partial charge in [-0.25, -0.2) is 0 Å². The number of nitrogens with two attached hydrogens (primary N) is 1. The van der Waals surface area contributed by atoms with Crippen molar-refractivity contribution >= 4 is 40.0 Å². The van der Waals surface area contributed by atoms with Crippen molar-refractivity contribution in [1.82, 2.24) is 0 Å². The number of amides is 1. The molecule has 0 bridgehead atoms. The topological polar surface area (TPSA) is 95.8 Å². The van der Waals surface area contributed by atoms with Crippen LogP contribution in [0.3, 0.4) is 0 Å². The van der Waals surface area contributed by atoms with Crippen LogP contribution in [-0.2, 0) is 26.3 Å². The maximum atomic E-state index is 12.2. The van der Waals surface area contributed by atoms with Crippen molar-refractivity contribution in [2.75, 3.05) is 23.4 Å². The van der Waals surface area contributed by atoms with Crippen LogP contribution in [0.1, 0.15) is 50.6 Å². The number of hydrogen-bond donors (Lipinski definition) is 2. The quantitative estimate of drug-likeness (QED) is 0.717. The molecular formula is C18H26N3O3S2+. The van der Waals surface area contributed by atoms with Crippen LogP contribution >= 0.6 is 23.1 Å². The number of rotatable bonds is 6. The number of thiophene rings is 1. The SMILES string of the molecule is CCOC(=O)CSCC(=O)Nc1sc2c(c1C#N)CC(C)(C)[NH2+]C2(C)C. The highest BCUT2D eigenvalue weighted by molar-refractivity contribution is 8.00. The van der Waals surface area contributed by atoms with Crippen LogP contribution in [-0.4, -0.2) is 35.5 Å². The van der Waals surface area contributed by atoms with Gasteiger partial charge in [0.2, 0.25) is 5.91 Å². The second-order valence-corrected chi connectivity index (χ2v) is 9.61. The van der Waals surface area contributed by atoms with Gasteiger partial charge in [-0.2, -0.15) is 5.26 Å². The van der Waals surface area contributed by atoms with E-state index in [2.05, 4.69) is 44.4 Å². The maximum absolute atomic E-state index is 12.2. The summed E-state index contributed by atoms with van der Waals surface area (Å²) in [6.45, 7) is 10.7. The van der Waals surface area contributed by atoms with Gasteiger partial charge in [-0.3, -0.25) is 9.59 Å². The first-order chi connectivity index (χ1) is 12.1. The highest BCUT2D eigenvalue weighted by Crippen LogP contribution is 2.41. The molecule has 142 valence electrons. The molecule has 0 saturated carbocycles. The molecule has 3 N–H and O–H groups in total. The van der Waals surface area contributed by atoms with E-state index in [-0.39, 0.29) is 34.5 Å². The smallest absolute Gasteiger partial charge is 0.315 e. The van der Waals surface area contributed by atoms with E-state index < -0.39 is 0 Å². The number of thioether (sulfide) groups is 1. The van der Waals surface area contributed by atoms with E-state index in [1.54, 1.807) is 6.92 Å². The Morgan fingerprint density at radius 2 is 2.04 bits per heavy atom. The van der Waals surface area contributed by atoms with E-state index in [0.717, 1.165) is 16.9 Å². The summed E-state index contributed by atoms with van der Waals surface area (Å²) in [5, 5.41) is 15.4. The number of fused-ring (bicyclic) bond motifs is 1. The van der Waals surface area contributed by atoms with Crippen molar-refractivity contribution in [3.8, 4) is 6.07 Å². The van der Waals surface area contributed by atoms with Gasteiger partial charge in [0.25, 0.3) is 0 Å². The van der Waals surface area contributed by atoms with Crippen molar-refractivity contribution in [2.45, 2.75) is 52.1 Å². The van der Waals surface area contributed by atoms with E-state index in [9.17, 15) is 14.9 Å². The van der Waals surface area contributed by atoms with Gasteiger partial charge in [-0.1, -0.05) is 0 Å². The van der Waals surface area contributed by atoms with E-state index in [0.29, 0.717) is 17.2 Å². The van der Waals surface area contributed by atoms with Crippen LogP contribution in [0.5, 0.6) is 0 Å². The molecule has 0 saturated heterocycles. The number of esters is 1. The van der Waals surface area contributed by atoms with Gasteiger partial charge in [0.1, 0.15) is 16.6 Å². The minimum Gasteiger partial charge on any atom is -0.465 e. The number of quaternary nitrogens is 1. The van der Waals surface area contributed by atoms with E-state index in [4.69, 9.17) is 4.74 Å². The number of ether oxygens (including phenoxy) is 1. The van der Waals surface area contributed by atoms with Crippen LogP contribution in [0.2, 0.25) is 0 Å². The second kappa shape index (κ2) is 7.99. The maximum Gasteiger partial charge on any atom is 0.315 e. The first kappa shape index (κ1) is 20.7. The molecule has 1 aliphatic heterocycles. The van der Waals surface area contributed by atoms with Gasteiger partial charge < -0.3 is 15.4 Å².